The van der Waals surface area contributed by atoms with Gasteiger partial charge in [-0.1, -0.05) is 0 Å². The van der Waals surface area contributed by atoms with Crippen LogP contribution in [-0.4, -0.2) is 50.3 Å². The summed E-state index contributed by atoms with van der Waals surface area (Å²) < 4.78 is 4.40. The van der Waals surface area contributed by atoms with Crippen molar-refractivity contribution in [1.29, 1.82) is 0 Å². The molecule has 0 aromatic carbocycles. The minimum Gasteiger partial charge on any atom is -1.00 e. The average molecular weight is 166 g/mol. The fraction of sp³-hybridized carbons (Fsp3) is 0.750. The van der Waals surface area contributed by atoms with Crippen LogP contribution in [0.15, 0.2) is 0 Å². The number of hydrogen-bond acceptors (Lipinski definition) is 2. The van der Waals surface area contributed by atoms with Crippen molar-refractivity contribution in [3.8, 4) is 0 Å². The molecule has 0 aliphatic rings. The zero-order valence-electron chi connectivity index (χ0n) is 5.49. The van der Waals surface area contributed by atoms with Gasteiger partial charge in [-0.05, 0) is 6.92 Å². The Hall–Kier alpha value is 0.590. The molecule has 9 heavy (non-hydrogen) atoms. The Labute approximate surface area is 82.7 Å². The van der Waals surface area contributed by atoms with E-state index in [1.165, 1.54) is 6.92 Å². The maximum absolute atomic E-state index is 9.82. The first-order chi connectivity index (χ1) is 2.77. The van der Waals surface area contributed by atoms with Gasteiger partial charge in [-0.3, -0.25) is 4.79 Å². The van der Waals surface area contributed by atoms with Crippen molar-refractivity contribution in [3.63, 3.8) is 0 Å². The summed E-state index contributed by atoms with van der Waals surface area (Å²) in [7, 11) is 0. The normalized spacial score (nSPS) is 5.11. The Morgan fingerprint density at radius 2 is 1.78 bits per heavy atom. The van der Waals surface area contributed by atoms with Gasteiger partial charge in [0.1, 0.15) is 0 Å². The number of ether oxygens (including phenoxy) is 1. The summed E-state index contributed by atoms with van der Waals surface area (Å²) in [6.45, 7) is 3.65. The molecule has 0 aliphatic heterocycles. The number of halogens is 2. The third-order valence-electron chi connectivity index (χ3n) is 0.348. The van der Waals surface area contributed by atoms with Crippen molar-refractivity contribution in [2.75, 3.05) is 6.61 Å². The van der Waals surface area contributed by atoms with Crippen LogP contribution in [0.1, 0.15) is 13.8 Å². The van der Waals surface area contributed by atoms with Crippen molar-refractivity contribution in [2.24, 2.45) is 0 Å². The first kappa shape index (κ1) is 22.6. The maximum atomic E-state index is 9.82. The van der Waals surface area contributed by atoms with Gasteiger partial charge >= 0.3 is 43.7 Å². The molecular weight excluding hydrogens is 158 g/mol. The van der Waals surface area contributed by atoms with E-state index in [0.717, 1.165) is 0 Å². The molecule has 0 bridgehead atoms. The van der Waals surface area contributed by atoms with Crippen LogP contribution in [0.4, 0.5) is 0 Å². The van der Waals surface area contributed by atoms with Crippen LogP contribution < -0.4 is 9.41 Å². The predicted octanol–water partition coefficient (Wildman–Crippen LogP) is -5.80. The van der Waals surface area contributed by atoms with Gasteiger partial charge < -0.3 is 14.1 Å². The molecule has 0 radical (unpaired) electrons. The van der Waals surface area contributed by atoms with Crippen molar-refractivity contribution in [2.45, 2.75) is 13.8 Å². The van der Waals surface area contributed by atoms with Gasteiger partial charge in [0.25, 0.3) is 0 Å². The molecule has 0 atom stereocenters. The van der Waals surface area contributed by atoms with Crippen LogP contribution in [0, 0.1) is 0 Å². The van der Waals surface area contributed by atoms with Gasteiger partial charge in [-0.25, -0.2) is 0 Å². The van der Waals surface area contributed by atoms with E-state index in [2.05, 4.69) is 4.74 Å². The van der Waals surface area contributed by atoms with Crippen LogP contribution in [0.2, 0.25) is 0 Å². The van der Waals surface area contributed by atoms with E-state index in [1.807, 2.05) is 0 Å². The van der Waals surface area contributed by atoms with E-state index in [0.29, 0.717) is 6.61 Å². The van der Waals surface area contributed by atoms with Crippen LogP contribution >= 0.6 is 0 Å². The van der Waals surface area contributed by atoms with Crippen molar-refractivity contribution >= 4 is 43.7 Å². The fourth-order valence-electron chi connectivity index (χ4n) is 0.203. The van der Waals surface area contributed by atoms with Crippen LogP contribution in [0.25, 0.3) is 0 Å². The number of carbonyl (C=O) groups is 1. The largest absolute Gasteiger partial charge is 2.00 e. The minimum absolute atomic E-state index is 0. The van der Waals surface area contributed by atoms with E-state index in [4.69, 9.17) is 0 Å². The molecule has 52 valence electrons. The third kappa shape index (κ3) is 28.9. The van der Waals surface area contributed by atoms with Gasteiger partial charge in [0, 0.05) is 6.92 Å². The summed E-state index contributed by atoms with van der Waals surface area (Å²) in [6.07, 6.45) is 0. The first-order valence-electron chi connectivity index (χ1n) is 1.90. The molecule has 0 saturated carbocycles. The predicted molar refractivity (Wildman–Crippen MR) is 28.1 cm³/mol. The van der Waals surface area contributed by atoms with Gasteiger partial charge in [0.2, 0.25) is 0 Å². The molecule has 0 saturated heterocycles. The summed E-state index contributed by atoms with van der Waals surface area (Å²) in [6, 6.07) is 0. The second-order valence-electron chi connectivity index (χ2n) is 0.925. The zero-order chi connectivity index (χ0) is 4.99. The molecule has 2 nitrogen and oxygen atoms in total. The summed E-state index contributed by atoms with van der Waals surface area (Å²) in [5.74, 6) is -0.211. The molecule has 0 aliphatic carbocycles. The van der Waals surface area contributed by atoms with E-state index >= 15 is 0 Å². The van der Waals surface area contributed by atoms with E-state index in [9.17, 15) is 4.79 Å². The van der Waals surface area contributed by atoms with Gasteiger partial charge in [0.15, 0.2) is 0 Å². The standard InChI is InChI=1S/C4H8O2.Ca.2FH/c1-3-6-4(2)5;;;/h3H2,1-2H3;;2*1H/q;+2;;/p-2. The molecule has 0 fully saturated rings. The smallest absolute Gasteiger partial charge is 1.00 e. The van der Waals surface area contributed by atoms with Crippen molar-refractivity contribution in [3.05, 3.63) is 0 Å². The van der Waals surface area contributed by atoms with Gasteiger partial charge in [-0.2, -0.15) is 0 Å². The minimum atomic E-state index is -0.211. The first-order valence-corrected chi connectivity index (χ1v) is 1.90. The van der Waals surface area contributed by atoms with Crippen LogP contribution in [0.5, 0.6) is 0 Å². The molecule has 0 rings (SSSR count). The summed E-state index contributed by atoms with van der Waals surface area (Å²) in [4.78, 5) is 9.82. The Balaban J connectivity index is -0.0000000417. The van der Waals surface area contributed by atoms with E-state index < -0.39 is 0 Å². The number of carbonyl (C=O) groups excluding carboxylic acids is 1. The number of esters is 1. The molecule has 0 N–H and O–H groups in total. The molecule has 0 unspecified atom stereocenters. The van der Waals surface area contributed by atoms with Crippen molar-refractivity contribution < 1.29 is 18.9 Å². The monoisotopic (exact) mass is 166 g/mol. The molecule has 0 aromatic heterocycles. The Morgan fingerprint density at radius 3 is 1.78 bits per heavy atom. The zero-order valence-corrected chi connectivity index (χ0v) is 7.70. The van der Waals surface area contributed by atoms with Crippen molar-refractivity contribution in [1.82, 2.24) is 0 Å². The van der Waals surface area contributed by atoms with Gasteiger partial charge in [-0.15, -0.1) is 0 Å². The fourth-order valence-corrected chi connectivity index (χ4v) is 0.203. The SMILES string of the molecule is CCOC(C)=O.[Ca+2].[F-].[F-]. The topological polar surface area (TPSA) is 26.3 Å². The second kappa shape index (κ2) is 15.8. The maximum Gasteiger partial charge on any atom is 2.00 e. The molecule has 0 aromatic rings. The van der Waals surface area contributed by atoms with Gasteiger partial charge in [0.05, 0.1) is 6.61 Å². The Kier molecular flexibility index (Phi) is 39.8. The Bertz CT molecular complexity index is 60.5. The quantitative estimate of drug-likeness (QED) is 0.286. The molecule has 0 spiro atoms. The number of hydrogen-bond donors (Lipinski definition) is 0. The molecular formula is C4H8CaF2O2. The van der Waals surface area contributed by atoms with E-state index in [-0.39, 0.29) is 53.1 Å². The van der Waals surface area contributed by atoms with Crippen LogP contribution in [0.3, 0.4) is 0 Å². The van der Waals surface area contributed by atoms with Crippen LogP contribution in [-0.2, 0) is 9.53 Å². The molecule has 0 heterocycles. The summed E-state index contributed by atoms with van der Waals surface area (Å²) in [5.41, 5.74) is 0. The summed E-state index contributed by atoms with van der Waals surface area (Å²) in [5, 5.41) is 0. The third-order valence-corrected chi connectivity index (χ3v) is 0.348. The molecule has 5 heteroatoms. The summed E-state index contributed by atoms with van der Waals surface area (Å²) >= 11 is 0. The molecule has 0 amide bonds. The number of rotatable bonds is 1. The average Bonchev–Trinajstić information content (AvgIpc) is 1.35. The second-order valence-corrected chi connectivity index (χ2v) is 0.925. The van der Waals surface area contributed by atoms with E-state index in [1.54, 1.807) is 6.92 Å². The Morgan fingerprint density at radius 1 is 1.44 bits per heavy atom.